The van der Waals surface area contributed by atoms with E-state index in [2.05, 4.69) is 94.2 Å². The highest BCUT2D eigenvalue weighted by Crippen LogP contribution is 2.75. The molecule has 252 valence electrons. The van der Waals surface area contributed by atoms with E-state index in [9.17, 15) is 4.79 Å². The number of ether oxygens (including phenoxy) is 1. The number of aromatic nitrogens is 1. The number of hydrogen-bond acceptors (Lipinski definition) is 2. The molecule has 0 unspecified atom stereocenters. The first-order chi connectivity index (χ1) is 22.2. The van der Waals surface area contributed by atoms with Gasteiger partial charge < -0.3 is 14.2 Å². The SMILES string of the molecule is C#CCn1c2c(c3ccccc31)C[C@]1(C)[C@H]3CC=C4[C@@H]5CC(C)(C)CC[C@]5(C(=O)N5CCOCC5)CC[C@@]4(C)[C@]3(C)CC[C@H]1C2(C)C. The summed E-state index contributed by atoms with van der Waals surface area (Å²) >= 11 is 0. The zero-order valence-corrected chi connectivity index (χ0v) is 30.3. The van der Waals surface area contributed by atoms with E-state index in [-0.39, 0.29) is 32.5 Å². The van der Waals surface area contributed by atoms with Crippen molar-refractivity contribution < 1.29 is 9.53 Å². The van der Waals surface area contributed by atoms with E-state index < -0.39 is 0 Å². The Morgan fingerprint density at radius 3 is 2.43 bits per heavy atom. The number of allylic oxidation sites excluding steroid dienone is 2. The standard InChI is InChI=1S/C43H58N2O2/c1-9-22-45-33-13-11-10-12-29(33)30-27-40(6)34(39(4,5)36(30)45)16-17-42(8)35(40)15-14-31-32-28-38(2,3)18-20-43(32,21-19-41(31,42)7)37(46)44-23-25-47-26-24-44/h1,10-14,32,34-35H,15-28H2,2-8H3/t32-,34-,35+,40-,41+,42+,43-/m0/s1. The Balaban J connectivity index is 1.23. The monoisotopic (exact) mass is 634 g/mol. The molecule has 4 heteroatoms. The normalized spacial score (nSPS) is 40.2. The van der Waals surface area contributed by atoms with Gasteiger partial charge in [0.1, 0.15) is 0 Å². The van der Waals surface area contributed by atoms with Gasteiger partial charge in [0.05, 0.1) is 25.2 Å². The largest absolute Gasteiger partial charge is 0.378 e. The molecule has 4 nitrogen and oxygen atoms in total. The van der Waals surface area contributed by atoms with Gasteiger partial charge in [0.2, 0.25) is 5.91 Å². The molecule has 3 saturated carbocycles. The molecule has 2 aromatic rings. The van der Waals surface area contributed by atoms with Crippen molar-refractivity contribution in [2.45, 2.75) is 118 Å². The number of nitrogens with zero attached hydrogens (tertiary/aromatic N) is 2. The number of carbonyl (C=O) groups excluding carboxylic acids is 1. The van der Waals surface area contributed by atoms with Crippen LogP contribution in [-0.2, 0) is 27.9 Å². The minimum absolute atomic E-state index is 0.0319. The minimum Gasteiger partial charge on any atom is -0.378 e. The molecule has 5 aliphatic carbocycles. The maximum atomic E-state index is 14.7. The third-order valence-corrected chi connectivity index (χ3v) is 16.0. The van der Waals surface area contributed by atoms with Gasteiger partial charge in [0, 0.05) is 35.1 Å². The Kier molecular flexibility index (Phi) is 6.93. The Bertz CT molecular complexity index is 1700. The molecule has 1 aliphatic heterocycles. The van der Waals surface area contributed by atoms with E-state index in [1.165, 1.54) is 29.4 Å². The predicted octanol–water partition coefficient (Wildman–Crippen LogP) is 8.95. The fourth-order valence-corrected chi connectivity index (χ4v) is 13.6. The summed E-state index contributed by atoms with van der Waals surface area (Å²) in [6.07, 6.45) is 19.0. The Morgan fingerprint density at radius 2 is 1.68 bits per heavy atom. The van der Waals surface area contributed by atoms with Crippen LogP contribution in [0.4, 0.5) is 0 Å². The Hall–Kier alpha value is -2.51. The topological polar surface area (TPSA) is 34.5 Å². The van der Waals surface area contributed by atoms with Crippen molar-refractivity contribution in [3.63, 3.8) is 0 Å². The van der Waals surface area contributed by atoms with Gasteiger partial charge in [-0.2, -0.15) is 0 Å². The fraction of sp³-hybridized carbons (Fsp3) is 0.698. The highest BCUT2D eigenvalue weighted by molar-refractivity contribution is 5.87. The second kappa shape index (κ2) is 10.3. The van der Waals surface area contributed by atoms with Crippen LogP contribution in [0.25, 0.3) is 10.9 Å². The van der Waals surface area contributed by atoms with Gasteiger partial charge in [-0.1, -0.05) is 84.2 Å². The number of fused-ring (bicyclic) bond motifs is 10. The zero-order chi connectivity index (χ0) is 33.2. The molecule has 2 heterocycles. The molecular formula is C43H58N2O2. The molecule has 1 saturated heterocycles. The minimum atomic E-state index is -0.247. The number of amides is 1. The van der Waals surface area contributed by atoms with Crippen LogP contribution in [0, 0.1) is 57.2 Å². The van der Waals surface area contributed by atoms with E-state index >= 15 is 0 Å². The summed E-state index contributed by atoms with van der Waals surface area (Å²) in [5.74, 6) is 4.99. The molecule has 1 amide bonds. The average molecular weight is 635 g/mol. The van der Waals surface area contributed by atoms with Crippen molar-refractivity contribution in [2.24, 2.45) is 44.8 Å². The summed E-state index contributed by atoms with van der Waals surface area (Å²) in [6, 6.07) is 9.02. The number of morpholine rings is 1. The lowest BCUT2D eigenvalue weighted by Gasteiger charge is -2.71. The van der Waals surface area contributed by atoms with Crippen molar-refractivity contribution in [1.82, 2.24) is 9.47 Å². The van der Waals surface area contributed by atoms with Crippen LogP contribution < -0.4 is 0 Å². The number of terminal acetylenes is 1. The van der Waals surface area contributed by atoms with E-state index in [0.717, 1.165) is 58.0 Å². The predicted molar refractivity (Wildman–Crippen MR) is 191 cm³/mol. The molecule has 8 rings (SSSR count). The number of hydrogen-bond donors (Lipinski definition) is 0. The molecule has 7 atom stereocenters. The number of para-hydroxylation sites is 1. The maximum absolute atomic E-state index is 14.7. The third-order valence-electron chi connectivity index (χ3n) is 16.0. The molecule has 4 fully saturated rings. The summed E-state index contributed by atoms with van der Waals surface area (Å²) in [7, 11) is 0. The van der Waals surface area contributed by atoms with Crippen LogP contribution in [0.5, 0.6) is 0 Å². The first-order valence-electron chi connectivity index (χ1n) is 18.9. The van der Waals surface area contributed by atoms with Crippen LogP contribution in [0.15, 0.2) is 35.9 Å². The van der Waals surface area contributed by atoms with Gasteiger partial charge in [0.15, 0.2) is 0 Å². The summed E-state index contributed by atoms with van der Waals surface area (Å²) in [5, 5.41) is 1.41. The molecule has 0 N–H and O–H groups in total. The molecule has 0 bridgehead atoms. The first-order valence-corrected chi connectivity index (χ1v) is 18.9. The highest BCUT2D eigenvalue weighted by atomic mass is 16.5. The van der Waals surface area contributed by atoms with Crippen molar-refractivity contribution in [3.05, 3.63) is 47.2 Å². The third kappa shape index (κ3) is 4.08. The Labute approximate surface area is 284 Å². The number of carbonyl (C=O) groups is 1. The van der Waals surface area contributed by atoms with Crippen molar-refractivity contribution in [2.75, 3.05) is 26.3 Å². The average Bonchev–Trinajstić information content (AvgIpc) is 3.34. The molecular weight excluding hydrogens is 576 g/mol. The number of benzene rings is 1. The second-order valence-electron chi connectivity index (χ2n) is 18.8. The van der Waals surface area contributed by atoms with Crippen LogP contribution in [0.1, 0.15) is 111 Å². The van der Waals surface area contributed by atoms with E-state index in [1.807, 2.05) is 0 Å². The smallest absolute Gasteiger partial charge is 0.229 e. The summed E-state index contributed by atoms with van der Waals surface area (Å²) < 4.78 is 8.17. The van der Waals surface area contributed by atoms with Crippen LogP contribution in [-0.4, -0.2) is 41.7 Å². The molecule has 1 aromatic carbocycles. The van der Waals surface area contributed by atoms with Gasteiger partial charge in [-0.3, -0.25) is 4.79 Å². The van der Waals surface area contributed by atoms with Gasteiger partial charge in [-0.05, 0) is 109 Å². The quantitative estimate of drug-likeness (QED) is 0.244. The maximum Gasteiger partial charge on any atom is 0.229 e. The summed E-state index contributed by atoms with van der Waals surface area (Å²) in [5.41, 5.74) is 6.56. The fourth-order valence-electron chi connectivity index (χ4n) is 13.6. The van der Waals surface area contributed by atoms with E-state index in [0.29, 0.717) is 43.4 Å². The lowest BCUT2D eigenvalue weighted by atomic mass is 9.33. The number of rotatable bonds is 2. The summed E-state index contributed by atoms with van der Waals surface area (Å²) in [4.78, 5) is 16.9. The highest BCUT2D eigenvalue weighted by Gasteiger charge is 2.69. The van der Waals surface area contributed by atoms with Gasteiger partial charge >= 0.3 is 0 Å². The zero-order valence-electron chi connectivity index (χ0n) is 30.3. The Morgan fingerprint density at radius 1 is 0.957 bits per heavy atom. The van der Waals surface area contributed by atoms with Crippen molar-refractivity contribution >= 4 is 16.8 Å². The first kappa shape index (κ1) is 31.7. The van der Waals surface area contributed by atoms with Crippen LogP contribution in [0.3, 0.4) is 0 Å². The van der Waals surface area contributed by atoms with Gasteiger partial charge in [-0.25, -0.2) is 0 Å². The second-order valence-corrected chi connectivity index (χ2v) is 18.8. The van der Waals surface area contributed by atoms with Crippen LogP contribution >= 0.6 is 0 Å². The van der Waals surface area contributed by atoms with E-state index in [1.54, 1.807) is 11.1 Å². The van der Waals surface area contributed by atoms with Gasteiger partial charge in [0.25, 0.3) is 0 Å². The lowest BCUT2D eigenvalue weighted by Crippen LogP contribution is -2.65. The molecule has 0 radical (unpaired) electrons. The van der Waals surface area contributed by atoms with Crippen LogP contribution in [0.2, 0.25) is 0 Å². The van der Waals surface area contributed by atoms with Crippen molar-refractivity contribution in [1.29, 1.82) is 0 Å². The molecule has 47 heavy (non-hydrogen) atoms. The molecule has 1 aromatic heterocycles. The summed E-state index contributed by atoms with van der Waals surface area (Å²) in [6.45, 7) is 21.5. The van der Waals surface area contributed by atoms with Gasteiger partial charge in [-0.15, -0.1) is 6.42 Å². The molecule has 6 aliphatic rings. The molecule has 0 spiro atoms. The lowest BCUT2D eigenvalue weighted by molar-refractivity contribution is -0.175. The van der Waals surface area contributed by atoms with Crippen molar-refractivity contribution in [3.8, 4) is 12.3 Å². The van der Waals surface area contributed by atoms with E-state index in [4.69, 9.17) is 11.2 Å².